The highest BCUT2D eigenvalue weighted by Crippen LogP contribution is 2.27. The number of rotatable bonds is 3. The summed E-state index contributed by atoms with van der Waals surface area (Å²) in [5.74, 6) is 5.64. The SMILES string of the molecule is Cc1ccc(C(NN)c2ccccc2Cl)cc1. The molecule has 3 N–H and O–H groups in total. The zero-order chi connectivity index (χ0) is 12.3. The van der Waals surface area contributed by atoms with Gasteiger partial charge in [0.15, 0.2) is 0 Å². The largest absolute Gasteiger partial charge is 0.271 e. The Morgan fingerprint density at radius 1 is 1.06 bits per heavy atom. The minimum absolute atomic E-state index is 0.0794. The molecule has 0 amide bonds. The molecule has 0 saturated heterocycles. The van der Waals surface area contributed by atoms with Gasteiger partial charge >= 0.3 is 0 Å². The molecule has 2 nitrogen and oxygen atoms in total. The first-order chi connectivity index (χ1) is 8.22. The normalized spacial score (nSPS) is 12.4. The van der Waals surface area contributed by atoms with Gasteiger partial charge in [0.25, 0.3) is 0 Å². The molecule has 17 heavy (non-hydrogen) atoms. The Hall–Kier alpha value is -1.35. The van der Waals surface area contributed by atoms with Crippen molar-refractivity contribution in [2.45, 2.75) is 13.0 Å². The molecule has 1 unspecified atom stereocenters. The zero-order valence-corrected chi connectivity index (χ0v) is 10.4. The van der Waals surface area contributed by atoms with Crippen LogP contribution in [0.4, 0.5) is 0 Å². The Balaban J connectivity index is 2.40. The van der Waals surface area contributed by atoms with E-state index in [0.717, 1.165) is 16.1 Å². The van der Waals surface area contributed by atoms with Crippen molar-refractivity contribution in [3.05, 3.63) is 70.2 Å². The van der Waals surface area contributed by atoms with E-state index in [1.165, 1.54) is 5.56 Å². The molecule has 0 aliphatic heterocycles. The molecule has 0 spiro atoms. The van der Waals surface area contributed by atoms with Crippen LogP contribution in [-0.2, 0) is 0 Å². The van der Waals surface area contributed by atoms with Crippen LogP contribution in [0.5, 0.6) is 0 Å². The number of hydrazine groups is 1. The van der Waals surface area contributed by atoms with Crippen LogP contribution in [0.1, 0.15) is 22.7 Å². The third kappa shape index (κ3) is 2.67. The monoisotopic (exact) mass is 246 g/mol. The second-order valence-electron chi connectivity index (χ2n) is 4.03. The minimum atomic E-state index is -0.0794. The molecule has 2 aromatic rings. The Morgan fingerprint density at radius 3 is 2.29 bits per heavy atom. The number of aryl methyl sites for hydroxylation is 1. The molecule has 2 rings (SSSR count). The average molecular weight is 247 g/mol. The molecule has 0 bridgehead atoms. The van der Waals surface area contributed by atoms with Crippen molar-refractivity contribution in [2.75, 3.05) is 0 Å². The van der Waals surface area contributed by atoms with Crippen molar-refractivity contribution in [3.63, 3.8) is 0 Å². The number of benzene rings is 2. The van der Waals surface area contributed by atoms with Gasteiger partial charge in [0.05, 0.1) is 6.04 Å². The molecular weight excluding hydrogens is 232 g/mol. The lowest BCUT2D eigenvalue weighted by molar-refractivity contribution is 0.637. The molecule has 0 saturated carbocycles. The van der Waals surface area contributed by atoms with Gasteiger partial charge in [0.2, 0.25) is 0 Å². The van der Waals surface area contributed by atoms with Gasteiger partial charge in [0, 0.05) is 5.02 Å². The van der Waals surface area contributed by atoms with Crippen LogP contribution >= 0.6 is 11.6 Å². The summed E-state index contributed by atoms with van der Waals surface area (Å²) in [4.78, 5) is 0. The fourth-order valence-corrected chi connectivity index (χ4v) is 2.08. The highest BCUT2D eigenvalue weighted by molar-refractivity contribution is 6.31. The second-order valence-corrected chi connectivity index (χ2v) is 4.44. The van der Waals surface area contributed by atoms with Crippen LogP contribution in [0.2, 0.25) is 5.02 Å². The summed E-state index contributed by atoms with van der Waals surface area (Å²) in [6.45, 7) is 2.06. The van der Waals surface area contributed by atoms with Gasteiger partial charge in [0.1, 0.15) is 0 Å². The lowest BCUT2D eigenvalue weighted by Crippen LogP contribution is -2.29. The molecule has 1 atom stereocenters. The van der Waals surface area contributed by atoms with Crippen molar-refractivity contribution in [1.82, 2.24) is 5.43 Å². The first-order valence-electron chi connectivity index (χ1n) is 5.49. The Bertz CT molecular complexity index is 494. The topological polar surface area (TPSA) is 38.0 Å². The van der Waals surface area contributed by atoms with Gasteiger partial charge in [-0.15, -0.1) is 0 Å². The van der Waals surface area contributed by atoms with E-state index in [2.05, 4.69) is 36.6 Å². The van der Waals surface area contributed by atoms with Gasteiger partial charge in [-0.25, -0.2) is 5.43 Å². The number of hydrogen-bond donors (Lipinski definition) is 2. The summed E-state index contributed by atoms with van der Waals surface area (Å²) < 4.78 is 0. The molecule has 0 fully saturated rings. The summed E-state index contributed by atoms with van der Waals surface area (Å²) in [5, 5.41) is 0.719. The third-order valence-corrected chi connectivity index (χ3v) is 3.14. The fraction of sp³-hybridized carbons (Fsp3) is 0.143. The first-order valence-corrected chi connectivity index (χ1v) is 5.87. The first kappa shape index (κ1) is 12.1. The summed E-state index contributed by atoms with van der Waals surface area (Å²) in [6, 6.07) is 15.9. The number of halogens is 1. The van der Waals surface area contributed by atoms with Crippen molar-refractivity contribution in [1.29, 1.82) is 0 Å². The van der Waals surface area contributed by atoms with E-state index < -0.39 is 0 Å². The lowest BCUT2D eigenvalue weighted by Gasteiger charge is -2.18. The zero-order valence-electron chi connectivity index (χ0n) is 9.65. The van der Waals surface area contributed by atoms with E-state index >= 15 is 0 Å². The molecule has 0 heterocycles. The Labute approximate surface area is 106 Å². The number of hydrogen-bond acceptors (Lipinski definition) is 2. The van der Waals surface area contributed by atoms with E-state index in [9.17, 15) is 0 Å². The van der Waals surface area contributed by atoms with E-state index in [-0.39, 0.29) is 6.04 Å². The van der Waals surface area contributed by atoms with Crippen LogP contribution in [0, 0.1) is 6.92 Å². The van der Waals surface area contributed by atoms with Crippen molar-refractivity contribution in [2.24, 2.45) is 5.84 Å². The van der Waals surface area contributed by atoms with Crippen LogP contribution in [-0.4, -0.2) is 0 Å². The Kier molecular flexibility index (Phi) is 3.79. The quantitative estimate of drug-likeness (QED) is 0.645. The molecule has 2 aromatic carbocycles. The highest BCUT2D eigenvalue weighted by Gasteiger charge is 2.14. The highest BCUT2D eigenvalue weighted by atomic mass is 35.5. The standard InChI is InChI=1S/C14H15ClN2/c1-10-6-8-11(9-7-10)14(17-16)12-4-2-3-5-13(12)15/h2-9,14,17H,16H2,1H3. The van der Waals surface area contributed by atoms with Gasteiger partial charge in [-0.2, -0.15) is 0 Å². The lowest BCUT2D eigenvalue weighted by atomic mass is 9.98. The van der Waals surface area contributed by atoms with Crippen molar-refractivity contribution in [3.8, 4) is 0 Å². The van der Waals surface area contributed by atoms with Gasteiger partial charge in [-0.1, -0.05) is 59.6 Å². The van der Waals surface area contributed by atoms with Gasteiger partial charge in [-0.3, -0.25) is 5.84 Å². The molecule has 88 valence electrons. The molecule has 0 aliphatic rings. The maximum atomic E-state index is 6.18. The van der Waals surface area contributed by atoms with Gasteiger partial charge < -0.3 is 0 Å². The maximum absolute atomic E-state index is 6.18. The fourth-order valence-electron chi connectivity index (χ4n) is 1.83. The summed E-state index contributed by atoms with van der Waals surface area (Å²) >= 11 is 6.18. The van der Waals surface area contributed by atoms with Crippen LogP contribution < -0.4 is 11.3 Å². The predicted octanol–water partition coefficient (Wildman–Crippen LogP) is 3.20. The predicted molar refractivity (Wildman–Crippen MR) is 71.8 cm³/mol. The second kappa shape index (κ2) is 5.32. The molecular formula is C14H15ClN2. The number of nitrogens with two attached hydrogens (primary N) is 1. The summed E-state index contributed by atoms with van der Waals surface area (Å²) in [6.07, 6.45) is 0. The van der Waals surface area contributed by atoms with Crippen molar-refractivity contribution < 1.29 is 0 Å². The van der Waals surface area contributed by atoms with E-state index in [1.807, 2.05) is 24.3 Å². The molecule has 3 heteroatoms. The summed E-state index contributed by atoms with van der Waals surface area (Å²) in [5.41, 5.74) is 6.13. The van der Waals surface area contributed by atoms with Crippen LogP contribution in [0.3, 0.4) is 0 Å². The van der Waals surface area contributed by atoms with Crippen molar-refractivity contribution >= 4 is 11.6 Å². The number of nitrogens with one attached hydrogen (secondary N) is 1. The Morgan fingerprint density at radius 2 is 1.71 bits per heavy atom. The molecule has 0 aromatic heterocycles. The average Bonchev–Trinajstić information content (AvgIpc) is 2.35. The van der Waals surface area contributed by atoms with E-state index in [1.54, 1.807) is 0 Å². The van der Waals surface area contributed by atoms with Gasteiger partial charge in [-0.05, 0) is 24.1 Å². The third-order valence-electron chi connectivity index (χ3n) is 2.79. The van der Waals surface area contributed by atoms with Crippen LogP contribution in [0.25, 0.3) is 0 Å². The smallest absolute Gasteiger partial charge is 0.0724 e. The maximum Gasteiger partial charge on any atom is 0.0724 e. The molecule has 0 radical (unpaired) electrons. The van der Waals surface area contributed by atoms with Crippen LogP contribution in [0.15, 0.2) is 48.5 Å². The minimum Gasteiger partial charge on any atom is -0.271 e. The van der Waals surface area contributed by atoms with E-state index in [0.29, 0.717) is 0 Å². The molecule has 0 aliphatic carbocycles. The van der Waals surface area contributed by atoms with E-state index in [4.69, 9.17) is 17.4 Å². The summed E-state index contributed by atoms with van der Waals surface area (Å²) in [7, 11) is 0.